The summed E-state index contributed by atoms with van der Waals surface area (Å²) in [5, 5.41) is 14.0. The number of aliphatic imine (C=N–C) groups is 1. The highest BCUT2D eigenvalue weighted by molar-refractivity contribution is 5.77. The maximum atomic E-state index is 12.7. The lowest BCUT2D eigenvalue weighted by atomic mass is 9.80. The van der Waals surface area contributed by atoms with Crippen LogP contribution in [-0.4, -0.2) is 54.6 Å². The van der Waals surface area contributed by atoms with Gasteiger partial charge in [-0.3, -0.25) is 9.59 Å². The Kier molecular flexibility index (Phi) is 10.3. The van der Waals surface area contributed by atoms with Crippen molar-refractivity contribution in [2.24, 2.45) is 34.2 Å². The fourth-order valence-electron chi connectivity index (χ4n) is 3.93. The van der Waals surface area contributed by atoms with Crippen LogP contribution in [0.2, 0.25) is 0 Å². The average Bonchev–Trinajstić information content (AvgIpc) is 3.02. The van der Waals surface area contributed by atoms with E-state index in [0.717, 1.165) is 20.0 Å². The molecule has 2 unspecified atom stereocenters. The van der Waals surface area contributed by atoms with Crippen molar-refractivity contribution in [3.05, 3.63) is 11.8 Å². The molecule has 0 radical (unpaired) electrons. The average molecular weight is 443 g/mol. The summed E-state index contributed by atoms with van der Waals surface area (Å²) in [5.74, 6) is -2.71. The summed E-state index contributed by atoms with van der Waals surface area (Å²) in [6, 6.07) is -0.440. The number of ether oxygens (including phenoxy) is 3. The molecule has 0 bridgehead atoms. The molecular weight excluding hydrogens is 408 g/mol. The first-order chi connectivity index (χ1) is 14.5. The molecule has 5 atom stereocenters. The lowest BCUT2D eigenvalue weighted by molar-refractivity contribution is -0.175. The van der Waals surface area contributed by atoms with Gasteiger partial charge in [-0.05, 0) is 17.9 Å². The van der Waals surface area contributed by atoms with E-state index in [9.17, 15) is 19.5 Å². The fraction of sp³-hybridized carbons (Fsp3) is 0.700. The van der Waals surface area contributed by atoms with Gasteiger partial charge in [0.05, 0.1) is 19.1 Å². The molecule has 1 saturated carbocycles. The number of nitrogens with zero attached hydrogens (tertiary/aromatic N) is 1. The summed E-state index contributed by atoms with van der Waals surface area (Å²) in [6.07, 6.45) is -0.348. The topological polar surface area (TPSA) is 176 Å². The van der Waals surface area contributed by atoms with Crippen molar-refractivity contribution in [3.8, 4) is 0 Å². The number of nitrogens with two attached hydrogens (primary N) is 2. The maximum absolute atomic E-state index is 12.7. The van der Waals surface area contributed by atoms with Crippen molar-refractivity contribution in [1.82, 2.24) is 5.32 Å². The number of aliphatic hydroxyl groups is 1. The van der Waals surface area contributed by atoms with Crippen LogP contribution in [0.25, 0.3) is 0 Å². The molecule has 1 rings (SSSR count). The Morgan fingerprint density at radius 1 is 1.26 bits per heavy atom. The zero-order valence-electron chi connectivity index (χ0n) is 18.7. The summed E-state index contributed by atoms with van der Waals surface area (Å²) >= 11 is 0. The second-order valence-corrected chi connectivity index (χ2v) is 7.46. The summed E-state index contributed by atoms with van der Waals surface area (Å²) < 4.78 is 14.3. The molecule has 0 aromatic heterocycles. The minimum absolute atomic E-state index is 0.0440. The van der Waals surface area contributed by atoms with Crippen molar-refractivity contribution < 1.29 is 33.7 Å². The number of methoxy groups -OCH3 is 1. The highest BCUT2D eigenvalue weighted by atomic mass is 16.8. The van der Waals surface area contributed by atoms with Crippen LogP contribution in [-0.2, 0) is 23.8 Å². The van der Waals surface area contributed by atoms with Gasteiger partial charge in [0, 0.05) is 32.0 Å². The third-order valence-electron chi connectivity index (χ3n) is 5.37. The molecule has 0 aromatic carbocycles. The minimum atomic E-state index is -1.21. The van der Waals surface area contributed by atoms with E-state index in [4.69, 9.17) is 20.9 Å². The molecule has 1 amide bonds. The molecule has 31 heavy (non-hydrogen) atoms. The van der Waals surface area contributed by atoms with Crippen LogP contribution in [0.1, 0.15) is 47.0 Å². The first-order valence-electron chi connectivity index (χ1n) is 10.2. The molecule has 1 aliphatic rings. The van der Waals surface area contributed by atoms with Gasteiger partial charge in [0.1, 0.15) is 0 Å². The van der Waals surface area contributed by atoms with E-state index in [-0.39, 0.29) is 24.2 Å². The molecule has 176 valence electrons. The Bertz CT molecular complexity index is 702. The van der Waals surface area contributed by atoms with Gasteiger partial charge in [0.15, 0.2) is 5.96 Å². The fourth-order valence-corrected chi connectivity index (χ4v) is 3.93. The van der Waals surface area contributed by atoms with E-state index >= 15 is 0 Å². The normalized spacial score (nSPS) is 23.7. The molecule has 1 aliphatic carbocycles. The van der Waals surface area contributed by atoms with Crippen LogP contribution in [0.4, 0.5) is 4.79 Å². The number of hydrogen-bond acceptors (Lipinski definition) is 8. The van der Waals surface area contributed by atoms with E-state index < -0.39 is 42.4 Å². The van der Waals surface area contributed by atoms with Crippen molar-refractivity contribution in [1.29, 1.82) is 0 Å². The second kappa shape index (κ2) is 12.1. The van der Waals surface area contributed by atoms with Crippen molar-refractivity contribution in [3.63, 3.8) is 0 Å². The number of aliphatic hydroxyl groups excluding tert-OH is 1. The molecule has 0 heterocycles. The van der Waals surface area contributed by atoms with E-state index in [1.807, 2.05) is 13.8 Å². The van der Waals surface area contributed by atoms with Crippen LogP contribution in [0.15, 0.2) is 16.8 Å². The number of amides is 1. The molecule has 6 N–H and O–H groups in total. The smallest absolute Gasteiger partial charge is 0.438 e. The Hall–Kier alpha value is -2.82. The third-order valence-corrected chi connectivity index (χ3v) is 5.37. The van der Waals surface area contributed by atoms with Gasteiger partial charge in [-0.2, -0.15) is 0 Å². The maximum Gasteiger partial charge on any atom is 0.511 e. The molecule has 1 fully saturated rings. The Labute approximate surface area is 182 Å². The number of carbonyl (C=O) groups is 3. The van der Waals surface area contributed by atoms with Crippen LogP contribution in [0.3, 0.4) is 0 Å². The number of nitrogens with one attached hydrogen (secondary N) is 1. The van der Waals surface area contributed by atoms with Crippen molar-refractivity contribution in [2.75, 3.05) is 7.11 Å². The summed E-state index contributed by atoms with van der Waals surface area (Å²) in [4.78, 5) is 39.7. The predicted octanol–water partition coefficient (Wildman–Crippen LogP) is 0.754. The lowest BCUT2D eigenvalue weighted by Gasteiger charge is -2.34. The summed E-state index contributed by atoms with van der Waals surface area (Å²) in [6.45, 7) is 6.73. The molecule has 0 spiro atoms. The largest absolute Gasteiger partial charge is 0.511 e. The summed E-state index contributed by atoms with van der Waals surface area (Å²) in [5.41, 5.74) is 11.5. The Morgan fingerprint density at radius 3 is 2.35 bits per heavy atom. The van der Waals surface area contributed by atoms with Gasteiger partial charge in [-0.1, -0.05) is 26.7 Å². The monoisotopic (exact) mass is 442 g/mol. The van der Waals surface area contributed by atoms with E-state index in [1.54, 1.807) is 0 Å². The van der Waals surface area contributed by atoms with Crippen LogP contribution in [0.5, 0.6) is 0 Å². The van der Waals surface area contributed by atoms with Gasteiger partial charge in [-0.25, -0.2) is 9.79 Å². The van der Waals surface area contributed by atoms with Gasteiger partial charge < -0.3 is 36.1 Å². The Morgan fingerprint density at radius 2 is 1.87 bits per heavy atom. The van der Waals surface area contributed by atoms with E-state index in [2.05, 4.69) is 15.0 Å². The van der Waals surface area contributed by atoms with Crippen LogP contribution < -0.4 is 16.8 Å². The van der Waals surface area contributed by atoms with Gasteiger partial charge in [0.25, 0.3) is 0 Å². The first kappa shape index (κ1) is 26.2. The molecule has 11 nitrogen and oxygen atoms in total. The number of carbonyl (C=O) groups excluding carboxylic acids is 3. The van der Waals surface area contributed by atoms with E-state index in [0.29, 0.717) is 5.57 Å². The molecular formula is C20H34N4O7. The number of hydrogen-bond donors (Lipinski definition) is 4. The van der Waals surface area contributed by atoms with Gasteiger partial charge in [-0.15, -0.1) is 0 Å². The molecule has 0 saturated heterocycles. The lowest BCUT2D eigenvalue weighted by Crippen LogP contribution is -2.48. The van der Waals surface area contributed by atoms with Crippen LogP contribution in [0, 0.1) is 17.8 Å². The minimum Gasteiger partial charge on any atom is -0.438 e. The van der Waals surface area contributed by atoms with Crippen LogP contribution >= 0.6 is 0 Å². The highest BCUT2D eigenvalue weighted by Gasteiger charge is 2.48. The van der Waals surface area contributed by atoms with E-state index in [1.165, 1.54) is 20.0 Å². The second-order valence-electron chi connectivity index (χ2n) is 7.46. The number of guanidine groups is 1. The molecule has 0 aliphatic heterocycles. The molecule has 0 aromatic rings. The zero-order valence-corrected chi connectivity index (χ0v) is 18.7. The summed E-state index contributed by atoms with van der Waals surface area (Å²) in [7, 11) is 1.13. The standard InChI is InChI=1S/C20H34N4O7/c1-6-12(7-2)16(24-10(3)25)15-13(9-23-19(21)22)8-14(17(15)26)18(27)30-11(4)31-20(28)29-5/h9,11-12,14-17,26H,6-8H2,1-5H3,(H,24,25)(H4,21,22,23)/b13-9+/t11?,14-,15+,16?,17+/m0/s1. The quantitative estimate of drug-likeness (QED) is 0.174. The van der Waals surface area contributed by atoms with Gasteiger partial charge in [0.2, 0.25) is 12.2 Å². The SMILES string of the molecule is CCC(CC)C(NC(C)=O)[C@H]1/C(=C/N=C(N)N)C[C@H](C(=O)OC(C)OC(=O)OC)[C@H]1O. The predicted molar refractivity (Wildman–Crippen MR) is 112 cm³/mol. The van der Waals surface area contributed by atoms with Crippen molar-refractivity contribution >= 4 is 24.0 Å². The van der Waals surface area contributed by atoms with Gasteiger partial charge >= 0.3 is 12.1 Å². The number of esters is 1. The number of rotatable bonds is 9. The third kappa shape index (κ3) is 7.42. The highest BCUT2D eigenvalue weighted by Crippen LogP contribution is 2.42. The zero-order chi connectivity index (χ0) is 23.7. The molecule has 11 heteroatoms. The Balaban J connectivity index is 3.23. The van der Waals surface area contributed by atoms with Crippen molar-refractivity contribution in [2.45, 2.75) is 65.4 Å². The first-order valence-corrected chi connectivity index (χ1v) is 10.2.